The summed E-state index contributed by atoms with van der Waals surface area (Å²) < 4.78 is 0.908. The van der Waals surface area contributed by atoms with E-state index >= 15 is 0 Å². The molecule has 1 heterocycles. The number of halogens is 1. The summed E-state index contributed by atoms with van der Waals surface area (Å²) in [5, 5.41) is 13.0. The van der Waals surface area contributed by atoms with E-state index < -0.39 is 0 Å². The average Bonchev–Trinajstić information content (AvgIpc) is 2.12. The number of hydrogen-bond donors (Lipinski definition) is 0. The Hall–Kier alpha value is -1.28. The van der Waals surface area contributed by atoms with Crippen molar-refractivity contribution in [2.75, 3.05) is 0 Å². The molecule has 0 aliphatic rings. The van der Waals surface area contributed by atoms with Gasteiger partial charge in [-0.3, -0.25) is 0 Å². The Morgan fingerprint density at radius 3 is 2.77 bits per heavy atom. The van der Waals surface area contributed by atoms with Gasteiger partial charge in [0.1, 0.15) is 0 Å². The Kier molecular flexibility index (Phi) is 1.85. The van der Waals surface area contributed by atoms with Gasteiger partial charge in [-0.25, -0.2) is 0 Å². The van der Waals surface area contributed by atoms with Crippen LogP contribution in [-0.4, -0.2) is 0 Å². The molecule has 0 aliphatic heterocycles. The van der Waals surface area contributed by atoms with E-state index in [1.54, 1.807) is 31.2 Å². The van der Waals surface area contributed by atoms with Crippen LogP contribution in [0.15, 0.2) is 30.3 Å². The summed E-state index contributed by atoms with van der Waals surface area (Å²) >= 11 is 5.80. The molecule has 0 bridgehead atoms. The second kappa shape index (κ2) is 2.89. The van der Waals surface area contributed by atoms with Gasteiger partial charge >= 0.3 is 0 Å². The van der Waals surface area contributed by atoms with Crippen molar-refractivity contribution in [3.63, 3.8) is 0 Å². The van der Waals surface area contributed by atoms with Gasteiger partial charge in [0, 0.05) is 29.5 Å². The third-order valence-corrected chi connectivity index (χ3v) is 2.27. The Balaban J connectivity index is 2.87. The third-order valence-electron chi connectivity index (χ3n) is 2.03. The van der Waals surface area contributed by atoms with Crippen LogP contribution in [0, 0.1) is 12.1 Å². The lowest BCUT2D eigenvalue weighted by Crippen LogP contribution is -2.30. The highest BCUT2D eigenvalue weighted by Gasteiger charge is 2.05. The fraction of sp³-hybridized carbons (Fsp3) is 0.100. The largest absolute Gasteiger partial charge is 0.618 e. The van der Waals surface area contributed by atoms with Crippen molar-refractivity contribution in [2.24, 2.45) is 0 Å². The maximum atomic E-state index is 11.5. The van der Waals surface area contributed by atoms with Crippen molar-refractivity contribution in [3.05, 3.63) is 46.3 Å². The number of benzene rings is 1. The first-order valence-corrected chi connectivity index (χ1v) is 4.35. The molecule has 0 unspecified atom stereocenters. The third kappa shape index (κ3) is 1.33. The van der Waals surface area contributed by atoms with Crippen LogP contribution in [0.1, 0.15) is 5.69 Å². The van der Waals surface area contributed by atoms with Gasteiger partial charge in [0.05, 0.1) is 0 Å². The van der Waals surface area contributed by atoms with Crippen LogP contribution in [-0.2, 0) is 0 Å². The number of hydrogen-bond acceptors (Lipinski definition) is 1. The average molecular weight is 194 g/mol. The van der Waals surface area contributed by atoms with Gasteiger partial charge in [-0.2, -0.15) is 4.73 Å². The maximum absolute atomic E-state index is 11.5. The zero-order valence-corrected chi connectivity index (χ0v) is 7.88. The standard InChI is InChI=1S/C10H8ClNO/c1-7-2-3-8-6-9(11)4-5-10(8)12(7)13/h2-6H,1H3. The highest BCUT2D eigenvalue weighted by Crippen LogP contribution is 2.16. The van der Waals surface area contributed by atoms with E-state index in [2.05, 4.69) is 0 Å². The summed E-state index contributed by atoms with van der Waals surface area (Å²) in [6.45, 7) is 1.78. The first kappa shape index (κ1) is 8.32. The fourth-order valence-electron chi connectivity index (χ4n) is 1.31. The Labute approximate surface area is 81.0 Å². The minimum atomic E-state index is 0.649. The molecule has 0 saturated heterocycles. The van der Waals surface area contributed by atoms with Crippen LogP contribution >= 0.6 is 11.6 Å². The van der Waals surface area contributed by atoms with Crippen molar-refractivity contribution in [1.82, 2.24) is 0 Å². The van der Waals surface area contributed by atoms with Gasteiger partial charge in [0.15, 0.2) is 5.69 Å². The molecule has 66 valence electrons. The molecule has 0 aliphatic carbocycles. The molecule has 0 fully saturated rings. The Morgan fingerprint density at radius 2 is 2.00 bits per heavy atom. The molecule has 0 amide bonds. The van der Waals surface area contributed by atoms with Crippen LogP contribution in [0.4, 0.5) is 0 Å². The first-order chi connectivity index (χ1) is 6.18. The summed E-state index contributed by atoms with van der Waals surface area (Å²) in [6.07, 6.45) is 0. The second-order valence-electron chi connectivity index (χ2n) is 2.97. The molecule has 2 aromatic rings. The zero-order valence-electron chi connectivity index (χ0n) is 7.12. The summed E-state index contributed by atoms with van der Waals surface area (Å²) in [7, 11) is 0. The number of rotatable bonds is 0. The quantitative estimate of drug-likeness (QED) is 0.466. The molecular weight excluding hydrogens is 186 g/mol. The highest BCUT2D eigenvalue weighted by molar-refractivity contribution is 6.31. The lowest BCUT2D eigenvalue weighted by molar-refractivity contribution is -0.584. The van der Waals surface area contributed by atoms with Crippen molar-refractivity contribution < 1.29 is 4.73 Å². The van der Waals surface area contributed by atoms with Gasteiger partial charge in [-0.1, -0.05) is 11.6 Å². The predicted molar refractivity (Wildman–Crippen MR) is 52.7 cm³/mol. The molecular formula is C10H8ClNO. The van der Waals surface area contributed by atoms with E-state index in [-0.39, 0.29) is 0 Å². The summed E-state index contributed by atoms with van der Waals surface area (Å²) in [5.41, 5.74) is 1.35. The van der Waals surface area contributed by atoms with Gasteiger partial charge < -0.3 is 5.21 Å². The molecule has 13 heavy (non-hydrogen) atoms. The number of pyridine rings is 1. The first-order valence-electron chi connectivity index (χ1n) is 3.97. The van der Waals surface area contributed by atoms with Crippen LogP contribution in [0.5, 0.6) is 0 Å². The molecule has 2 rings (SSSR count). The Bertz CT molecular complexity index is 468. The Morgan fingerprint density at radius 1 is 1.23 bits per heavy atom. The van der Waals surface area contributed by atoms with Crippen LogP contribution in [0.3, 0.4) is 0 Å². The SMILES string of the molecule is Cc1ccc2cc(Cl)ccc2[n+]1[O-]. The van der Waals surface area contributed by atoms with Gasteiger partial charge in [0.2, 0.25) is 5.52 Å². The number of fused-ring (bicyclic) bond motifs is 1. The molecule has 1 aromatic heterocycles. The summed E-state index contributed by atoms with van der Waals surface area (Å²) in [6, 6.07) is 8.91. The van der Waals surface area contributed by atoms with E-state index in [1.807, 2.05) is 6.07 Å². The van der Waals surface area contributed by atoms with E-state index in [9.17, 15) is 5.21 Å². The zero-order chi connectivity index (χ0) is 9.42. The smallest absolute Gasteiger partial charge is 0.224 e. The summed E-state index contributed by atoms with van der Waals surface area (Å²) in [4.78, 5) is 0. The number of aryl methyl sites for hydroxylation is 1. The minimum Gasteiger partial charge on any atom is -0.618 e. The van der Waals surface area contributed by atoms with Gasteiger partial charge in [0.25, 0.3) is 0 Å². The normalized spacial score (nSPS) is 10.6. The van der Waals surface area contributed by atoms with Crippen LogP contribution in [0.25, 0.3) is 10.9 Å². The molecule has 3 heteroatoms. The van der Waals surface area contributed by atoms with E-state index in [4.69, 9.17) is 11.6 Å². The van der Waals surface area contributed by atoms with Crippen molar-refractivity contribution >= 4 is 22.5 Å². The van der Waals surface area contributed by atoms with Crippen LogP contribution < -0.4 is 4.73 Å². The molecule has 0 radical (unpaired) electrons. The van der Waals surface area contributed by atoms with E-state index in [0.717, 1.165) is 10.1 Å². The van der Waals surface area contributed by atoms with E-state index in [0.29, 0.717) is 16.2 Å². The molecule has 0 atom stereocenters. The number of aromatic nitrogens is 1. The maximum Gasteiger partial charge on any atom is 0.224 e. The molecule has 0 spiro atoms. The molecule has 1 aromatic carbocycles. The van der Waals surface area contributed by atoms with Crippen molar-refractivity contribution in [2.45, 2.75) is 6.92 Å². The number of nitrogens with zero attached hydrogens (tertiary/aromatic N) is 1. The van der Waals surface area contributed by atoms with Crippen LogP contribution in [0.2, 0.25) is 5.02 Å². The molecule has 0 N–H and O–H groups in total. The van der Waals surface area contributed by atoms with Crippen molar-refractivity contribution in [3.8, 4) is 0 Å². The predicted octanol–water partition coefficient (Wildman–Crippen LogP) is 2.44. The van der Waals surface area contributed by atoms with Crippen molar-refractivity contribution in [1.29, 1.82) is 0 Å². The topological polar surface area (TPSA) is 26.9 Å². The van der Waals surface area contributed by atoms with E-state index in [1.165, 1.54) is 0 Å². The molecule has 2 nitrogen and oxygen atoms in total. The lowest BCUT2D eigenvalue weighted by atomic mass is 10.2. The molecule has 0 saturated carbocycles. The minimum absolute atomic E-state index is 0.649. The lowest BCUT2D eigenvalue weighted by Gasteiger charge is -2.03. The highest BCUT2D eigenvalue weighted by atomic mass is 35.5. The summed E-state index contributed by atoms with van der Waals surface area (Å²) in [5.74, 6) is 0. The fourth-order valence-corrected chi connectivity index (χ4v) is 1.49. The second-order valence-corrected chi connectivity index (χ2v) is 3.41. The van der Waals surface area contributed by atoms with Gasteiger partial charge in [-0.05, 0) is 18.2 Å². The monoisotopic (exact) mass is 193 g/mol. The van der Waals surface area contributed by atoms with Gasteiger partial charge in [-0.15, -0.1) is 0 Å².